The number of fused-ring (bicyclic) bond motifs is 1. The number of para-hydroxylation sites is 1. The number of hydrogen-bond acceptors (Lipinski definition) is 8. The van der Waals surface area contributed by atoms with Gasteiger partial charge in [0.05, 0.1) is 17.9 Å². The first kappa shape index (κ1) is 23.5. The Labute approximate surface area is 188 Å². The number of nitrogens with two attached hydrogens (primary N) is 1. The zero-order valence-corrected chi connectivity index (χ0v) is 19.0. The Morgan fingerprint density at radius 1 is 1.28 bits per heavy atom. The maximum absolute atomic E-state index is 13.2. The Morgan fingerprint density at radius 3 is 2.75 bits per heavy atom. The van der Waals surface area contributed by atoms with Gasteiger partial charge in [0.2, 0.25) is 5.91 Å². The van der Waals surface area contributed by atoms with Gasteiger partial charge >= 0.3 is 5.69 Å². The molecule has 2 aromatic heterocycles. The highest BCUT2D eigenvalue weighted by Gasteiger charge is 2.24. The number of benzene rings is 1. The number of carbonyl (C=O) groups excluding carboxylic acids is 1. The summed E-state index contributed by atoms with van der Waals surface area (Å²) in [6.07, 6.45) is 1.45. The number of hydrogen-bond donors (Lipinski definition) is 2. The van der Waals surface area contributed by atoms with Crippen LogP contribution in [0.4, 0.5) is 11.5 Å². The minimum absolute atomic E-state index is 0.00685. The molecule has 1 aromatic carbocycles. The molecule has 32 heavy (non-hydrogen) atoms. The largest absolute Gasteiger partial charge is 0.383 e. The van der Waals surface area contributed by atoms with Gasteiger partial charge in [-0.2, -0.15) is 0 Å². The van der Waals surface area contributed by atoms with Gasteiger partial charge in [-0.3, -0.25) is 19.1 Å². The summed E-state index contributed by atoms with van der Waals surface area (Å²) in [5.41, 5.74) is 5.61. The number of methoxy groups -OCH3 is 1. The van der Waals surface area contributed by atoms with Crippen LogP contribution in [0.5, 0.6) is 0 Å². The van der Waals surface area contributed by atoms with Gasteiger partial charge in [0.15, 0.2) is 5.69 Å². The third-order valence-corrected chi connectivity index (χ3v) is 5.68. The average molecular weight is 459 g/mol. The van der Waals surface area contributed by atoms with Crippen molar-refractivity contribution in [3.63, 3.8) is 0 Å². The monoisotopic (exact) mass is 458 g/mol. The third-order valence-electron chi connectivity index (χ3n) is 4.69. The Hall–Kier alpha value is -3.18. The van der Waals surface area contributed by atoms with E-state index >= 15 is 0 Å². The number of aromatic nitrogens is 4. The number of thioether (sulfide) groups is 1. The fourth-order valence-electron chi connectivity index (χ4n) is 3.23. The van der Waals surface area contributed by atoms with Gasteiger partial charge in [-0.25, -0.2) is 14.8 Å². The molecular weight excluding hydrogens is 432 g/mol. The number of nitrogens with one attached hydrogen (secondary N) is 1. The van der Waals surface area contributed by atoms with Gasteiger partial charge in [-0.15, -0.1) is 0 Å². The first-order valence-corrected chi connectivity index (χ1v) is 11.1. The molecule has 0 aliphatic heterocycles. The Kier molecular flexibility index (Phi) is 7.65. The predicted molar refractivity (Wildman–Crippen MR) is 125 cm³/mol. The van der Waals surface area contributed by atoms with E-state index in [-0.39, 0.29) is 42.2 Å². The molecular formula is C21H26N6O4S. The molecule has 10 nitrogen and oxygen atoms in total. The number of nitrogens with zero attached hydrogens (tertiary/aromatic N) is 4. The van der Waals surface area contributed by atoms with Gasteiger partial charge in [-0.1, -0.05) is 43.8 Å². The molecule has 3 N–H and O–H groups in total. The lowest BCUT2D eigenvalue weighted by Gasteiger charge is -2.24. The highest BCUT2D eigenvalue weighted by molar-refractivity contribution is 8.00. The fourth-order valence-corrected chi connectivity index (χ4v) is 4.10. The molecule has 1 amide bonds. The van der Waals surface area contributed by atoms with E-state index in [4.69, 9.17) is 10.5 Å². The molecule has 0 spiro atoms. The van der Waals surface area contributed by atoms with Crippen LogP contribution in [0.3, 0.4) is 0 Å². The van der Waals surface area contributed by atoms with Crippen molar-refractivity contribution < 1.29 is 9.53 Å². The molecule has 0 saturated heterocycles. The number of nitrogen functional groups attached to an aromatic ring is 1. The van der Waals surface area contributed by atoms with Gasteiger partial charge in [0, 0.05) is 25.6 Å². The fraction of sp³-hybridized carbons (Fsp3) is 0.381. The molecule has 0 aliphatic rings. The number of H-pyrrole nitrogens is 1. The second-order valence-corrected chi connectivity index (χ2v) is 8.48. The highest BCUT2D eigenvalue weighted by Crippen LogP contribution is 2.25. The van der Waals surface area contributed by atoms with Crippen molar-refractivity contribution in [3.05, 3.63) is 51.4 Å². The molecule has 11 heteroatoms. The summed E-state index contributed by atoms with van der Waals surface area (Å²) in [6.45, 7) is 4.45. The van der Waals surface area contributed by atoms with E-state index in [1.807, 2.05) is 38.1 Å². The highest BCUT2D eigenvalue weighted by atomic mass is 32.2. The minimum atomic E-state index is -0.713. The van der Waals surface area contributed by atoms with Crippen LogP contribution in [0.25, 0.3) is 10.9 Å². The lowest BCUT2D eigenvalue weighted by atomic mass is 10.2. The second kappa shape index (κ2) is 10.4. The van der Waals surface area contributed by atoms with Crippen LogP contribution in [0.1, 0.15) is 13.8 Å². The molecule has 0 fully saturated rings. The smallest absolute Gasteiger partial charge is 0.330 e. The summed E-state index contributed by atoms with van der Waals surface area (Å²) in [5.74, 6) is -0.290. The third kappa shape index (κ3) is 5.17. The molecule has 0 unspecified atom stereocenters. The number of ether oxygens (including phenoxy) is 1. The second-order valence-electron chi connectivity index (χ2n) is 7.52. The standard InChI is InChI=1S/C21H26N6O4S/c1-13(2)10-27-18(22)17(19(29)25-21(27)30)26(8-9-31-3)16(28)11-32-20-14-6-4-5-7-15(14)23-12-24-20/h4-7,12-13H,8-11,22H2,1-3H3,(H,25,29,30). The van der Waals surface area contributed by atoms with E-state index in [1.54, 1.807) is 0 Å². The van der Waals surface area contributed by atoms with Gasteiger partial charge in [0.25, 0.3) is 5.56 Å². The van der Waals surface area contributed by atoms with Crippen molar-refractivity contribution >= 4 is 40.1 Å². The first-order chi connectivity index (χ1) is 15.3. The molecule has 0 aliphatic carbocycles. The van der Waals surface area contributed by atoms with Crippen LogP contribution in [-0.2, 0) is 16.1 Å². The quantitative estimate of drug-likeness (QED) is 0.364. The van der Waals surface area contributed by atoms with Crippen LogP contribution in [0, 0.1) is 5.92 Å². The van der Waals surface area contributed by atoms with Crippen LogP contribution in [-0.4, -0.2) is 51.4 Å². The van der Waals surface area contributed by atoms with Gasteiger partial charge in [0.1, 0.15) is 17.2 Å². The van der Waals surface area contributed by atoms with Crippen molar-refractivity contribution in [1.82, 2.24) is 19.5 Å². The molecule has 3 rings (SSSR count). The van der Waals surface area contributed by atoms with E-state index < -0.39 is 11.2 Å². The summed E-state index contributed by atoms with van der Waals surface area (Å²) in [7, 11) is 1.50. The van der Waals surface area contributed by atoms with E-state index in [0.29, 0.717) is 11.6 Å². The number of carbonyl (C=O) groups is 1. The zero-order valence-electron chi connectivity index (χ0n) is 18.2. The van der Waals surface area contributed by atoms with Crippen molar-refractivity contribution in [2.24, 2.45) is 5.92 Å². The van der Waals surface area contributed by atoms with E-state index in [1.165, 1.54) is 34.7 Å². The van der Waals surface area contributed by atoms with Crippen molar-refractivity contribution in [3.8, 4) is 0 Å². The number of amides is 1. The average Bonchev–Trinajstić information content (AvgIpc) is 2.76. The number of anilines is 2. The minimum Gasteiger partial charge on any atom is -0.383 e. The van der Waals surface area contributed by atoms with Crippen molar-refractivity contribution in [2.75, 3.05) is 36.6 Å². The van der Waals surface area contributed by atoms with Gasteiger partial charge in [-0.05, 0) is 12.0 Å². The predicted octanol–water partition coefficient (Wildman–Crippen LogP) is 1.49. The maximum atomic E-state index is 13.2. The molecule has 3 aromatic rings. The zero-order chi connectivity index (χ0) is 23.3. The maximum Gasteiger partial charge on any atom is 0.330 e. The Morgan fingerprint density at radius 2 is 2.03 bits per heavy atom. The lowest BCUT2D eigenvalue weighted by molar-refractivity contribution is -0.116. The van der Waals surface area contributed by atoms with E-state index in [2.05, 4.69) is 15.0 Å². The molecule has 0 radical (unpaired) electrons. The Balaban J connectivity index is 1.93. The summed E-state index contributed by atoms with van der Waals surface area (Å²) in [5, 5.41) is 1.49. The van der Waals surface area contributed by atoms with E-state index in [9.17, 15) is 14.4 Å². The van der Waals surface area contributed by atoms with Crippen molar-refractivity contribution in [2.45, 2.75) is 25.4 Å². The van der Waals surface area contributed by atoms with Crippen molar-refractivity contribution in [1.29, 1.82) is 0 Å². The molecule has 2 heterocycles. The number of rotatable bonds is 9. The normalized spacial score (nSPS) is 11.2. The Bertz CT molecular complexity index is 1220. The van der Waals surface area contributed by atoms with Gasteiger partial charge < -0.3 is 15.4 Å². The number of aromatic amines is 1. The van der Waals surface area contributed by atoms with Crippen LogP contribution in [0.2, 0.25) is 0 Å². The van der Waals surface area contributed by atoms with E-state index in [0.717, 1.165) is 10.9 Å². The van der Waals surface area contributed by atoms with Crippen LogP contribution in [0.15, 0.2) is 45.2 Å². The summed E-state index contributed by atoms with van der Waals surface area (Å²) in [4.78, 5) is 50.2. The summed E-state index contributed by atoms with van der Waals surface area (Å²) < 4.78 is 6.40. The van der Waals surface area contributed by atoms with Crippen LogP contribution < -0.4 is 21.9 Å². The topological polar surface area (TPSA) is 136 Å². The summed E-state index contributed by atoms with van der Waals surface area (Å²) in [6, 6.07) is 7.50. The lowest BCUT2D eigenvalue weighted by Crippen LogP contribution is -2.43. The molecule has 0 bridgehead atoms. The molecule has 0 atom stereocenters. The molecule has 0 saturated carbocycles. The SMILES string of the molecule is COCCN(C(=O)CSc1ncnc2ccccc12)c1c(N)n(CC(C)C)c(=O)[nH]c1=O. The first-order valence-electron chi connectivity index (χ1n) is 10.1. The molecule has 170 valence electrons. The summed E-state index contributed by atoms with van der Waals surface area (Å²) >= 11 is 1.24. The van der Waals surface area contributed by atoms with Crippen LogP contribution >= 0.6 is 11.8 Å².